The largest absolute Gasteiger partial charge is 0.464 e. The number of amides is 1. The molecule has 90 valence electrons. The van der Waals surface area contributed by atoms with Gasteiger partial charge in [0.05, 0.1) is 13.0 Å². The van der Waals surface area contributed by atoms with Gasteiger partial charge in [0.1, 0.15) is 6.04 Å². The summed E-state index contributed by atoms with van der Waals surface area (Å²) in [6.07, 6.45) is 0.864. The number of nitrogens with one attached hydrogen (secondary N) is 1. The van der Waals surface area contributed by atoms with Crippen molar-refractivity contribution in [2.75, 3.05) is 6.61 Å². The van der Waals surface area contributed by atoms with E-state index in [2.05, 4.69) is 5.32 Å². The quantitative estimate of drug-likeness (QED) is 0.791. The molecule has 1 N–H and O–H groups in total. The zero-order valence-corrected chi connectivity index (χ0v) is 9.73. The first-order valence-electron chi connectivity index (χ1n) is 5.67. The summed E-state index contributed by atoms with van der Waals surface area (Å²) in [5.41, 5.74) is 2.10. The second kappa shape index (κ2) is 4.99. The molecule has 1 aromatic carbocycles. The fraction of sp³-hybridized carbons (Fsp3) is 0.385. The van der Waals surface area contributed by atoms with E-state index in [9.17, 15) is 9.59 Å². The minimum atomic E-state index is -0.465. The molecule has 2 rings (SSSR count). The van der Waals surface area contributed by atoms with Gasteiger partial charge in [0.15, 0.2) is 0 Å². The summed E-state index contributed by atoms with van der Waals surface area (Å²) in [6.45, 7) is 2.40. The Hall–Kier alpha value is -1.84. The average Bonchev–Trinajstić information content (AvgIpc) is 2.68. The first-order valence-corrected chi connectivity index (χ1v) is 5.67. The molecule has 0 saturated carbocycles. The monoisotopic (exact) mass is 233 g/mol. The van der Waals surface area contributed by atoms with Crippen molar-refractivity contribution in [3.8, 4) is 0 Å². The molecule has 1 amide bonds. The number of carbonyl (C=O) groups is 2. The minimum absolute atomic E-state index is 0.141. The highest BCUT2D eigenvalue weighted by Crippen LogP contribution is 2.07. The summed E-state index contributed by atoms with van der Waals surface area (Å²) >= 11 is 0. The van der Waals surface area contributed by atoms with Crippen LogP contribution in [0.1, 0.15) is 17.5 Å². The van der Waals surface area contributed by atoms with Gasteiger partial charge in [0.2, 0.25) is 5.91 Å². The average molecular weight is 233 g/mol. The van der Waals surface area contributed by atoms with Crippen LogP contribution in [-0.4, -0.2) is 24.5 Å². The fourth-order valence-corrected chi connectivity index (χ4v) is 1.76. The topological polar surface area (TPSA) is 55.4 Å². The van der Waals surface area contributed by atoms with Crippen LogP contribution in [0, 0.1) is 6.92 Å². The molecule has 4 heteroatoms. The summed E-state index contributed by atoms with van der Waals surface area (Å²) in [5.74, 6) is -0.472. The van der Waals surface area contributed by atoms with E-state index >= 15 is 0 Å². The molecule has 1 aliphatic heterocycles. The third-order valence-corrected chi connectivity index (χ3v) is 2.76. The van der Waals surface area contributed by atoms with Crippen LogP contribution >= 0.6 is 0 Å². The van der Waals surface area contributed by atoms with Gasteiger partial charge < -0.3 is 10.1 Å². The van der Waals surface area contributed by atoms with Crippen molar-refractivity contribution in [2.45, 2.75) is 25.8 Å². The maximum atomic E-state index is 11.7. The van der Waals surface area contributed by atoms with E-state index in [1.807, 2.05) is 31.2 Å². The molecule has 0 radical (unpaired) electrons. The molecule has 1 saturated heterocycles. The van der Waals surface area contributed by atoms with Gasteiger partial charge in [-0.3, -0.25) is 4.79 Å². The smallest absolute Gasteiger partial charge is 0.328 e. The summed E-state index contributed by atoms with van der Waals surface area (Å²) in [6, 6.07) is 7.30. The maximum absolute atomic E-state index is 11.7. The van der Waals surface area contributed by atoms with E-state index in [-0.39, 0.29) is 11.9 Å². The third-order valence-electron chi connectivity index (χ3n) is 2.76. The minimum Gasteiger partial charge on any atom is -0.464 e. The first kappa shape index (κ1) is 11.6. The van der Waals surface area contributed by atoms with Crippen LogP contribution in [0.2, 0.25) is 0 Å². The lowest BCUT2D eigenvalue weighted by Gasteiger charge is -2.08. The molecule has 1 aliphatic rings. The van der Waals surface area contributed by atoms with E-state index in [4.69, 9.17) is 4.74 Å². The molecule has 1 fully saturated rings. The number of benzene rings is 1. The Kier molecular flexibility index (Phi) is 3.42. The number of cyclic esters (lactones) is 1. The molecule has 0 spiro atoms. The summed E-state index contributed by atoms with van der Waals surface area (Å²) in [7, 11) is 0. The van der Waals surface area contributed by atoms with Gasteiger partial charge in [-0.05, 0) is 12.5 Å². The Morgan fingerprint density at radius 3 is 2.71 bits per heavy atom. The first-order chi connectivity index (χ1) is 8.15. The highest BCUT2D eigenvalue weighted by molar-refractivity contribution is 5.86. The van der Waals surface area contributed by atoms with E-state index in [0.29, 0.717) is 19.4 Å². The van der Waals surface area contributed by atoms with Gasteiger partial charge in [0.25, 0.3) is 0 Å². The molecule has 0 bridgehead atoms. The molecule has 4 nitrogen and oxygen atoms in total. The Bertz CT molecular complexity index is 425. The number of aryl methyl sites for hydroxylation is 1. The molecule has 1 heterocycles. The Labute approximate surface area is 100.0 Å². The van der Waals surface area contributed by atoms with Gasteiger partial charge in [0, 0.05) is 6.42 Å². The van der Waals surface area contributed by atoms with E-state index in [1.54, 1.807) is 0 Å². The summed E-state index contributed by atoms with van der Waals surface area (Å²) < 4.78 is 4.78. The van der Waals surface area contributed by atoms with Crippen LogP contribution in [0.25, 0.3) is 0 Å². The van der Waals surface area contributed by atoms with Crippen LogP contribution in [0.4, 0.5) is 0 Å². The van der Waals surface area contributed by atoms with E-state index < -0.39 is 6.04 Å². The molecule has 0 aliphatic carbocycles. The Balaban J connectivity index is 1.88. The molecule has 1 atom stereocenters. The van der Waals surface area contributed by atoms with E-state index in [0.717, 1.165) is 11.1 Å². The Morgan fingerprint density at radius 2 is 2.12 bits per heavy atom. The third kappa shape index (κ3) is 3.06. The van der Waals surface area contributed by atoms with Gasteiger partial charge in [-0.15, -0.1) is 0 Å². The lowest BCUT2D eigenvalue weighted by molar-refractivity contribution is -0.141. The van der Waals surface area contributed by atoms with Gasteiger partial charge in [-0.25, -0.2) is 4.79 Å². The van der Waals surface area contributed by atoms with Crippen molar-refractivity contribution >= 4 is 11.9 Å². The van der Waals surface area contributed by atoms with Crippen LogP contribution in [0.5, 0.6) is 0 Å². The lowest BCUT2D eigenvalue weighted by Crippen LogP contribution is -2.38. The number of esters is 1. The second-order valence-corrected chi connectivity index (χ2v) is 4.24. The SMILES string of the molecule is Cc1ccc(CC(=O)NC2CCOC2=O)cc1. The van der Waals surface area contributed by atoms with Gasteiger partial charge in [-0.1, -0.05) is 29.8 Å². The van der Waals surface area contributed by atoms with Crippen LogP contribution in [-0.2, 0) is 20.7 Å². The van der Waals surface area contributed by atoms with E-state index in [1.165, 1.54) is 0 Å². The van der Waals surface area contributed by atoms with Crippen molar-refractivity contribution in [3.05, 3.63) is 35.4 Å². The molecule has 17 heavy (non-hydrogen) atoms. The van der Waals surface area contributed by atoms with Crippen molar-refractivity contribution < 1.29 is 14.3 Å². The molecule has 1 unspecified atom stereocenters. The zero-order chi connectivity index (χ0) is 12.3. The predicted octanol–water partition coefficient (Wildman–Crippen LogP) is 0.969. The normalized spacial score (nSPS) is 18.9. The molecule has 1 aromatic rings. The van der Waals surface area contributed by atoms with Gasteiger partial charge >= 0.3 is 5.97 Å². The number of carbonyl (C=O) groups excluding carboxylic acids is 2. The van der Waals surface area contributed by atoms with Crippen LogP contribution in [0.15, 0.2) is 24.3 Å². The molecular formula is C13H15NO3. The van der Waals surface area contributed by atoms with Gasteiger partial charge in [-0.2, -0.15) is 0 Å². The number of rotatable bonds is 3. The number of ether oxygens (including phenoxy) is 1. The van der Waals surface area contributed by atoms with Crippen LogP contribution < -0.4 is 5.32 Å². The van der Waals surface area contributed by atoms with Crippen molar-refractivity contribution in [1.29, 1.82) is 0 Å². The zero-order valence-electron chi connectivity index (χ0n) is 9.73. The summed E-state index contributed by atoms with van der Waals surface area (Å²) in [4.78, 5) is 22.8. The fourth-order valence-electron chi connectivity index (χ4n) is 1.76. The predicted molar refractivity (Wildman–Crippen MR) is 62.4 cm³/mol. The second-order valence-electron chi connectivity index (χ2n) is 4.24. The number of hydrogen-bond donors (Lipinski definition) is 1. The van der Waals surface area contributed by atoms with Crippen LogP contribution in [0.3, 0.4) is 0 Å². The highest BCUT2D eigenvalue weighted by atomic mass is 16.5. The standard InChI is InChI=1S/C13H15NO3/c1-9-2-4-10(5-3-9)8-12(15)14-11-6-7-17-13(11)16/h2-5,11H,6-8H2,1H3,(H,14,15). The molecule has 0 aromatic heterocycles. The molecular weight excluding hydrogens is 218 g/mol. The van der Waals surface area contributed by atoms with Crippen molar-refractivity contribution in [3.63, 3.8) is 0 Å². The van der Waals surface area contributed by atoms with Crippen molar-refractivity contribution in [1.82, 2.24) is 5.32 Å². The number of hydrogen-bond acceptors (Lipinski definition) is 3. The lowest BCUT2D eigenvalue weighted by atomic mass is 10.1. The van der Waals surface area contributed by atoms with Crippen molar-refractivity contribution in [2.24, 2.45) is 0 Å². The highest BCUT2D eigenvalue weighted by Gasteiger charge is 2.27. The summed E-state index contributed by atoms with van der Waals surface area (Å²) in [5, 5.41) is 2.68. The maximum Gasteiger partial charge on any atom is 0.328 e. The Morgan fingerprint density at radius 1 is 1.41 bits per heavy atom.